The molecule has 4 aromatic rings. The first-order valence-corrected chi connectivity index (χ1v) is 11.0. The molecular weight excluding hydrogens is 443 g/mol. The minimum Gasteiger partial charge on any atom is -0.206 e. The van der Waals surface area contributed by atoms with Gasteiger partial charge in [0.15, 0.2) is 17.5 Å². The standard InChI is InChI=1S/C29H21F5/c1-2-3-18-4-6-19(7-5-18)8-9-21-15-25(30)24(26(31)16-21)13-11-20-10-12-23-22(14-20)17-27(32)29(34)28(23)33/h4-7,10,12,14-17H,2-3,8-9H2,1H3. The van der Waals surface area contributed by atoms with Crippen LogP contribution in [0.3, 0.4) is 0 Å². The molecule has 0 aliphatic carbocycles. The Bertz CT molecular complexity index is 1390. The molecule has 0 unspecified atom stereocenters. The lowest BCUT2D eigenvalue weighted by Gasteiger charge is -2.06. The van der Waals surface area contributed by atoms with Gasteiger partial charge in [0.2, 0.25) is 0 Å². The van der Waals surface area contributed by atoms with Gasteiger partial charge in [0.05, 0.1) is 5.56 Å². The summed E-state index contributed by atoms with van der Waals surface area (Å²) in [6, 6.07) is 15.6. The van der Waals surface area contributed by atoms with Crippen LogP contribution in [0.25, 0.3) is 10.8 Å². The Balaban J connectivity index is 1.52. The van der Waals surface area contributed by atoms with Crippen LogP contribution in [-0.2, 0) is 19.3 Å². The van der Waals surface area contributed by atoms with E-state index >= 15 is 0 Å². The molecule has 0 aliphatic rings. The Labute approximate surface area is 195 Å². The molecule has 0 aromatic heterocycles. The Hall–Kier alpha value is -3.65. The third-order valence-corrected chi connectivity index (χ3v) is 5.67. The van der Waals surface area contributed by atoms with E-state index in [4.69, 9.17) is 0 Å². The molecule has 0 aliphatic heterocycles. The first-order chi connectivity index (χ1) is 16.4. The second-order valence-electron chi connectivity index (χ2n) is 8.17. The lowest BCUT2D eigenvalue weighted by molar-refractivity contribution is 0.453. The zero-order valence-electron chi connectivity index (χ0n) is 18.5. The summed E-state index contributed by atoms with van der Waals surface area (Å²) in [5.74, 6) is -0.645. The van der Waals surface area contributed by atoms with Crippen LogP contribution in [0.5, 0.6) is 0 Å². The van der Waals surface area contributed by atoms with Gasteiger partial charge in [-0.05, 0) is 71.7 Å². The Kier molecular flexibility index (Phi) is 6.98. The molecule has 0 atom stereocenters. The van der Waals surface area contributed by atoms with E-state index in [0.717, 1.165) is 24.5 Å². The first kappa shape index (κ1) is 23.5. The topological polar surface area (TPSA) is 0 Å². The number of fused-ring (bicyclic) bond motifs is 1. The average Bonchev–Trinajstić information content (AvgIpc) is 2.82. The highest BCUT2D eigenvalue weighted by molar-refractivity contribution is 5.84. The van der Waals surface area contributed by atoms with E-state index in [2.05, 4.69) is 30.9 Å². The quantitative estimate of drug-likeness (QED) is 0.161. The predicted octanol–water partition coefficient (Wildman–Crippen LogP) is 7.67. The van der Waals surface area contributed by atoms with E-state index in [1.54, 1.807) is 0 Å². The molecule has 0 amide bonds. The fourth-order valence-corrected chi connectivity index (χ4v) is 3.86. The maximum Gasteiger partial charge on any atom is 0.195 e. The third-order valence-electron chi connectivity index (χ3n) is 5.67. The minimum atomic E-state index is -1.55. The van der Waals surface area contributed by atoms with Crippen molar-refractivity contribution < 1.29 is 22.0 Å². The van der Waals surface area contributed by atoms with Gasteiger partial charge in [0, 0.05) is 10.9 Å². The fourth-order valence-electron chi connectivity index (χ4n) is 3.86. The second kappa shape index (κ2) is 10.1. The molecule has 0 nitrogen and oxygen atoms in total. The number of aryl methyl sites for hydroxylation is 3. The lowest BCUT2D eigenvalue weighted by atomic mass is 10.0. The van der Waals surface area contributed by atoms with Crippen molar-refractivity contribution in [2.45, 2.75) is 32.6 Å². The van der Waals surface area contributed by atoms with Gasteiger partial charge in [-0.1, -0.05) is 55.5 Å². The molecule has 172 valence electrons. The van der Waals surface area contributed by atoms with Gasteiger partial charge in [-0.25, -0.2) is 22.0 Å². The van der Waals surface area contributed by atoms with Crippen molar-refractivity contribution in [2.75, 3.05) is 0 Å². The summed E-state index contributed by atoms with van der Waals surface area (Å²) in [6.07, 6.45) is 3.23. The van der Waals surface area contributed by atoms with E-state index in [9.17, 15) is 22.0 Å². The molecule has 0 fully saturated rings. The van der Waals surface area contributed by atoms with Crippen molar-refractivity contribution >= 4 is 10.8 Å². The van der Waals surface area contributed by atoms with Crippen LogP contribution in [0.15, 0.2) is 60.7 Å². The number of rotatable bonds is 5. The molecular formula is C29H21F5. The molecule has 0 saturated heterocycles. The van der Waals surface area contributed by atoms with Crippen LogP contribution in [-0.4, -0.2) is 0 Å². The van der Waals surface area contributed by atoms with Crippen molar-refractivity contribution in [3.05, 3.63) is 118 Å². The monoisotopic (exact) mass is 464 g/mol. The fraction of sp³-hybridized carbons (Fsp3) is 0.172. The molecule has 0 spiro atoms. The number of benzene rings is 4. The highest BCUT2D eigenvalue weighted by Gasteiger charge is 2.14. The van der Waals surface area contributed by atoms with Gasteiger partial charge in [-0.15, -0.1) is 0 Å². The summed E-state index contributed by atoms with van der Waals surface area (Å²) in [7, 11) is 0. The number of hydrogen-bond donors (Lipinski definition) is 0. The predicted molar refractivity (Wildman–Crippen MR) is 124 cm³/mol. The summed E-state index contributed by atoms with van der Waals surface area (Å²) in [5.41, 5.74) is 2.78. The van der Waals surface area contributed by atoms with Gasteiger partial charge in [-0.3, -0.25) is 0 Å². The molecule has 5 heteroatoms. The summed E-state index contributed by atoms with van der Waals surface area (Å²) in [4.78, 5) is 0. The lowest BCUT2D eigenvalue weighted by Crippen LogP contribution is -1.98. The smallest absolute Gasteiger partial charge is 0.195 e. The number of halogens is 5. The molecule has 0 bridgehead atoms. The molecule has 34 heavy (non-hydrogen) atoms. The SMILES string of the molecule is CCCc1ccc(CCc2cc(F)c(C#Cc3ccc4c(F)c(F)c(F)cc4c3)c(F)c2)cc1. The molecule has 0 saturated carbocycles. The van der Waals surface area contributed by atoms with Crippen LogP contribution in [0.2, 0.25) is 0 Å². The summed E-state index contributed by atoms with van der Waals surface area (Å²) >= 11 is 0. The van der Waals surface area contributed by atoms with E-state index in [-0.39, 0.29) is 21.9 Å². The van der Waals surface area contributed by atoms with Gasteiger partial charge in [0.25, 0.3) is 0 Å². The van der Waals surface area contributed by atoms with Crippen LogP contribution >= 0.6 is 0 Å². The van der Waals surface area contributed by atoms with E-state index in [0.29, 0.717) is 18.4 Å². The van der Waals surface area contributed by atoms with E-state index < -0.39 is 29.1 Å². The van der Waals surface area contributed by atoms with Gasteiger partial charge in [-0.2, -0.15) is 0 Å². The van der Waals surface area contributed by atoms with Crippen LogP contribution in [0, 0.1) is 40.9 Å². The summed E-state index contributed by atoms with van der Waals surface area (Å²) < 4.78 is 69.9. The molecule has 0 N–H and O–H groups in total. The second-order valence-corrected chi connectivity index (χ2v) is 8.17. The van der Waals surface area contributed by atoms with Crippen molar-refractivity contribution in [2.24, 2.45) is 0 Å². The van der Waals surface area contributed by atoms with Crippen LogP contribution in [0.1, 0.15) is 41.2 Å². The highest BCUT2D eigenvalue weighted by atomic mass is 19.2. The van der Waals surface area contributed by atoms with Crippen molar-refractivity contribution in [3.63, 3.8) is 0 Å². The normalized spacial score (nSPS) is 10.9. The minimum absolute atomic E-state index is 0.0993. The molecule has 4 aromatic carbocycles. The summed E-state index contributed by atoms with van der Waals surface area (Å²) in [5, 5.41) is -0.00612. The maximum absolute atomic E-state index is 14.6. The van der Waals surface area contributed by atoms with Gasteiger partial charge < -0.3 is 0 Å². The molecule has 4 rings (SSSR count). The van der Waals surface area contributed by atoms with Crippen LogP contribution in [0.4, 0.5) is 22.0 Å². The van der Waals surface area contributed by atoms with Gasteiger partial charge >= 0.3 is 0 Å². The van der Waals surface area contributed by atoms with E-state index in [1.807, 2.05) is 12.1 Å². The Morgan fingerprint density at radius 3 is 1.85 bits per heavy atom. The van der Waals surface area contributed by atoms with Gasteiger partial charge in [0.1, 0.15) is 11.6 Å². The van der Waals surface area contributed by atoms with E-state index in [1.165, 1.54) is 35.9 Å². The average molecular weight is 464 g/mol. The first-order valence-electron chi connectivity index (χ1n) is 11.0. The third kappa shape index (κ3) is 5.12. The summed E-state index contributed by atoms with van der Waals surface area (Å²) in [6.45, 7) is 2.12. The zero-order valence-corrected chi connectivity index (χ0v) is 18.5. The highest BCUT2D eigenvalue weighted by Crippen LogP contribution is 2.24. The molecule has 0 heterocycles. The molecule has 0 radical (unpaired) electrons. The maximum atomic E-state index is 14.6. The number of hydrogen-bond acceptors (Lipinski definition) is 0. The van der Waals surface area contributed by atoms with Crippen molar-refractivity contribution in [1.82, 2.24) is 0 Å². The Morgan fingerprint density at radius 2 is 1.21 bits per heavy atom. The zero-order chi connectivity index (χ0) is 24.2. The van der Waals surface area contributed by atoms with Crippen molar-refractivity contribution in [3.8, 4) is 11.8 Å². The largest absolute Gasteiger partial charge is 0.206 e. The van der Waals surface area contributed by atoms with Crippen molar-refractivity contribution in [1.29, 1.82) is 0 Å². The van der Waals surface area contributed by atoms with Crippen LogP contribution < -0.4 is 0 Å². The Morgan fingerprint density at radius 1 is 0.588 bits per heavy atom.